The van der Waals surface area contributed by atoms with Gasteiger partial charge < -0.3 is 4.74 Å². The first-order valence-corrected chi connectivity index (χ1v) is 10.6. The van der Waals surface area contributed by atoms with Crippen LogP contribution in [-0.2, 0) is 9.53 Å². The van der Waals surface area contributed by atoms with Gasteiger partial charge in [-0.2, -0.15) is 10.1 Å². The molecule has 1 aromatic heterocycles. The van der Waals surface area contributed by atoms with Gasteiger partial charge in [0.1, 0.15) is 0 Å². The standard InChI is InChI=1S/C22H16BrN3O3S/c1-13-18(11-14-3-5-16(6-4-14)21(28)29-2)20(27)26(25-13)22-24-19(12-30-22)15-7-9-17(23)10-8-15/h3-12H,1-2H3/b18-11+. The molecule has 0 N–H and O–H groups in total. The minimum Gasteiger partial charge on any atom is -0.465 e. The Morgan fingerprint density at radius 2 is 1.83 bits per heavy atom. The zero-order valence-electron chi connectivity index (χ0n) is 16.1. The number of halogens is 1. The number of nitrogens with zero attached hydrogens (tertiary/aromatic N) is 3. The van der Waals surface area contributed by atoms with Crippen molar-refractivity contribution in [3.05, 3.63) is 75.1 Å². The van der Waals surface area contributed by atoms with Crippen LogP contribution in [0.15, 0.2) is 69.1 Å². The van der Waals surface area contributed by atoms with Crippen LogP contribution in [0.1, 0.15) is 22.8 Å². The Hall–Kier alpha value is -3.10. The summed E-state index contributed by atoms with van der Waals surface area (Å²) in [4.78, 5) is 29.1. The summed E-state index contributed by atoms with van der Waals surface area (Å²) >= 11 is 4.79. The molecule has 6 nitrogen and oxygen atoms in total. The third-order valence-corrected chi connectivity index (χ3v) is 5.86. The molecule has 1 aliphatic heterocycles. The first-order valence-electron chi connectivity index (χ1n) is 8.98. The van der Waals surface area contributed by atoms with Crippen molar-refractivity contribution in [3.8, 4) is 11.3 Å². The Bertz CT molecular complexity index is 1180. The highest BCUT2D eigenvalue weighted by atomic mass is 79.9. The number of thiazole rings is 1. The topological polar surface area (TPSA) is 71.9 Å². The lowest BCUT2D eigenvalue weighted by Crippen LogP contribution is -2.21. The molecule has 0 saturated heterocycles. The predicted molar refractivity (Wildman–Crippen MR) is 122 cm³/mol. The van der Waals surface area contributed by atoms with Gasteiger partial charge in [0.15, 0.2) is 0 Å². The van der Waals surface area contributed by atoms with Gasteiger partial charge in [-0.25, -0.2) is 9.78 Å². The van der Waals surface area contributed by atoms with Crippen molar-refractivity contribution in [3.63, 3.8) is 0 Å². The van der Waals surface area contributed by atoms with E-state index in [0.717, 1.165) is 21.3 Å². The number of carbonyl (C=O) groups excluding carboxylic acids is 2. The number of aromatic nitrogens is 1. The highest BCUT2D eigenvalue weighted by Gasteiger charge is 2.30. The SMILES string of the molecule is COC(=O)c1ccc(/C=C2/C(=O)N(c3nc(-c4ccc(Br)cc4)cs3)N=C2C)cc1. The van der Waals surface area contributed by atoms with Gasteiger partial charge in [0.05, 0.1) is 29.7 Å². The number of methoxy groups -OCH3 is 1. The second-order valence-corrected chi connectivity index (χ2v) is 8.25. The summed E-state index contributed by atoms with van der Waals surface area (Å²) < 4.78 is 5.70. The van der Waals surface area contributed by atoms with E-state index in [-0.39, 0.29) is 5.91 Å². The van der Waals surface area contributed by atoms with Crippen molar-refractivity contribution < 1.29 is 14.3 Å². The molecule has 0 spiro atoms. The van der Waals surface area contributed by atoms with Gasteiger partial charge in [-0.3, -0.25) is 4.79 Å². The maximum absolute atomic E-state index is 13.0. The van der Waals surface area contributed by atoms with Crippen LogP contribution in [0.3, 0.4) is 0 Å². The fourth-order valence-corrected chi connectivity index (χ4v) is 3.97. The second-order valence-electron chi connectivity index (χ2n) is 6.50. The van der Waals surface area contributed by atoms with Crippen LogP contribution in [0.4, 0.5) is 5.13 Å². The van der Waals surface area contributed by atoms with Crippen LogP contribution in [0, 0.1) is 0 Å². The zero-order valence-corrected chi connectivity index (χ0v) is 18.5. The molecule has 0 saturated carbocycles. The van der Waals surface area contributed by atoms with Gasteiger partial charge >= 0.3 is 5.97 Å². The van der Waals surface area contributed by atoms with Crippen molar-refractivity contribution in [1.82, 2.24) is 4.98 Å². The van der Waals surface area contributed by atoms with E-state index in [1.165, 1.54) is 23.5 Å². The smallest absolute Gasteiger partial charge is 0.337 e. The van der Waals surface area contributed by atoms with Crippen LogP contribution in [0.5, 0.6) is 0 Å². The fraction of sp³-hybridized carbons (Fsp3) is 0.0909. The Kier molecular flexibility index (Phi) is 5.61. The van der Waals surface area contributed by atoms with Gasteiger partial charge in [-0.1, -0.05) is 40.2 Å². The van der Waals surface area contributed by atoms with E-state index < -0.39 is 5.97 Å². The van der Waals surface area contributed by atoms with Gasteiger partial charge in [-0.15, -0.1) is 11.3 Å². The summed E-state index contributed by atoms with van der Waals surface area (Å²) in [5, 5.41) is 8.15. The third-order valence-electron chi connectivity index (χ3n) is 4.52. The maximum Gasteiger partial charge on any atom is 0.337 e. The van der Waals surface area contributed by atoms with E-state index in [4.69, 9.17) is 4.74 Å². The molecule has 0 atom stereocenters. The monoisotopic (exact) mass is 481 g/mol. The predicted octanol–water partition coefficient (Wildman–Crippen LogP) is 5.17. The molecular formula is C22H16BrN3O3S. The lowest BCUT2D eigenvalue weighted by molar-refractivity contribution is -0.114. The second kappa shape index (κ2) is 8.33. The Morgan fingerprint density at radius 3 is 2.50 bits per heavy atom. The lowest BCUT2D eigenvalue weighted by atomic mass is 10.1. The van der Waals surface area contributed by atoms with Crippen LogP contribution >= 0.6 is 27.3 Å². The molecule has 2 heterocycles. The largest absolute Gasteiger partial charge is 0.465 e. The third kappa shape index (κ3) is 3.96. The van der Waals surface area contributed by atoms with E-state index in [1.807, 2.05) is 29.6 Å². The van der Waals surface area contributed by atoms with Crippen molar-refractivity contribution in [1.29, 1.82) is 0 Å². The summed E-state index contributed by atoms with van der Waals surface area (Å²) in [6.45, 7) is 1.79. The molecule has 0 aliphatic carbocycles. The zero-order chi connectivity index (χ0) is 21.3. The molecule has 0 radical (unpaired) electrons. The number of carbonyl (C=O) groups is 2. The summed E-state index contributed by atoms with van der Waals surface area (Å²) in [6, 6.07) is 14.7. The first-order chi connectivity index (χ1) is 14.5. The minimum absolute atomic E-state index is 0.235. The summed E-state index contributed by atoms with van der Waals surface area (Å²) in [5.74, 6) is -0.637. The van der Waals surface area contributed by atoms with Gasteiger partial charge in [0, 0.05) is 15.4 Å². The van der Waals surface area contributed by atoms with Gasteiger partial charge in [-0.05, 0) is 42.8 Å². The molecule has 4 rings (SSSR count). The summed E-state index contributed by atoms with van der Waals surface area (Å²) in [6.07, 6.45) is 1.76. The van der Waals surface area contributed by atoms with E-state index in [1.54, 1.807) is 37.3 Å². The molecule has 8 heteroatoms. The summed E-state index contributed by atoms with van der Waals surface area (Å²) in [7, 11) is 1.34. The highest BCUT2D eigenvalue weighted by molar-refractivity contribution is 9.10. The average Bonchev–Trinajstić information content (AvgIpc) is 3.35. The molecule has 150 valence electrons. The molecule has 3 aromatic rings. The first kappa shape index (κ1) is 20.2. The van der Waals surface area contributed by atoms with Crippen molar-refractivity contribution in [2.75, 3.05) is 12.1 Å². The van der Waals surface area contributed by atoms with E-state index in [9.17, 15) is 9.59 Å². The number of benzene rings is 2. The Labute approximate surface area is 185 Å². The fourth-order valence-electron chi connectivity index (χ4n) is 2.93. The molecule has 30 heavy (non-hydrogen) atoms. The Morgan fingerprint density at radius 1 is 1.13 bits per heavy atom. The molecule has 2 aromatic carbocycles. The molecule has 0 bridgehead atoms. The number of rotatable bonds is 4. The summed E-state index contributed by atoms with van der Waals surface area (Å²) in [5.41, 5.74) is 4.09. The molecular weight excluding hydrogens is 466 g/mol. The van der Waals surface area contributed by atoms with Crippen molar-refractivity contribution in [2.45, 2.75) is 6.92 Å². The van der Waals surface area contributed by atoms with Crippen LogP contribution in [0.25, 0.3) is 17.3 Å². The normalized spacial score (nSPS) is 14.9. The number of esters is 1. The van der Waals surface area contributed by atoms with Crippen LogP contribution < -0.4 is 5.01 Å². The number of anilines is 1. The maximum atomic E-state index is 13.0. The Balaban J connectivity index is 1.57. The van der Waals surface area contributed by atoms with E-state index in [0.29, 0.717) is 22.0 Å². The van der Waals surface area contributed by atoms with E-state index in [2.05, 4.69) is 26.0 Å². The molecule has 1 amide bonds. The van der Waals surface area contributed by atoms with Gasteiger partial charge in [0.2, 0.25) is 5.13 Å². The molecule has 0 fully saturated rings. The van der Waals surface area contributed by atoms with Crippen molar-refractivity contribution >= 4 is 56.1 Å². The number of hydrazone groups is 1. The highest BCUT2D eigenvalue weighted by Crippen LogP contribution is 2.32. The number of hydrogen-bond donors (Lipinski definition) is 0. The van der Waals surface area contributed by atoms with E-state index >= 15 is 0 Å². The van der Waals surface area contributed by atoms with Gasteiger partial charge in [0.25, 0.3) is 5.91 Å². The van der Waals surface area contributed by atoms with Crippen LogP contribution in [0.2, 0.25) is 0 Å². The molecule has 1 aliphatic rings. The average molecular weight is 482 g/mol. The lowest BCUT2D eigenvalue weighted by Gasteiger charge is -2.07. The van der Waals surface area contributed by atoms with Crippen LogP contribution in [-0.4, -0.2) is 29.7 Å². The number of ether oxygens (including phenoxy) is 1. The number of amides is 1. The molecule has 0 unspecified atom stereocenters. The quantitative estimate of drug-likeness (QED) is 0.380. The van der Waals surface area contributed by atoms with Crippen molar-refractivity contribution in [2.24, 2.45) is 5.10 Å². The minimum atomic E-state index is -0.402. The number of hydrogen-bond acceptors (Lipinski definition) is 6.